The summed E-state index contributed by atoms with van der Waals surface area (Å²) in [6.07, 6.45) is -3.94. The van der Waals surface area contributed by atoms with Crippen molar-refractivity contribution in [2.24, 2.45) is 0 Å². The Hall–Kier alpha value is -2.24. The first-order chi connectivity index (χ1) is 17.2. The van der Waals surface area contributed by atoms with Crippen molar-refractivity contribution in [1.82, 2.24) is 25.5 Å². The van der Waals surface area contributed by atoms with Gasteiger partial charge in [-0.25, -0.2) is 4.98 Å². The zero-order valence-corrected chi connectivity index (χ0v) is 22.2. The van der Waals surface area contributed by atoms with Crippen LogP contribution in [0.3, 0.4) is 0 Å². The highest BCUT2D eigenvalue weighted by atomic mass is 35.5. The van der Waals surface area contributed by atoms with Crippen LogP contribution < -0.4 is 15.5 Å². The van der Waals surface area contributed by atoms with Gasteiger partial charge in [0.2, 0.25) is 5.91 Å². The second-order valence-electron chi connectivity index (χ2n) is 9.02. The van der Waals surface area contributed by atoms with Crippen LogP contribution >= 0.6 is 35.6 Å². The summed E-state index contributed by atoms with van der Waals surface area (Å²) in [4.78, 5) is 24.3. The predicted molar refractivity (Wildman–Crippen MR) is 141 cm³/mol. The van der Waals surface area contributed by atoms with E-state index >= 15 is 0 Å². The number of likely N-dealkylation sites (N-methyl/N-ethyl adjacent to an activating group) is 1. The van der Waals surface area contributed by atoms with Crippen molar-refractivity contribution >= 4 is 58.2 Å². The maximum absolute atomic E-state index is 13.5. The van der Waals surface area contributed by atoms with Crippen LogP contribution in [0, 0.1) is 0 Å². The number of hydrogen-bond donors (Lipinski definition) is 3. The average Bonchev–Trinajstić information content (AvgIpc) is 3.21. The summed E-state index contributed by atoms with van der Waals surface area (Å²) in [6, 6.07) is 7.58. The number of amides is 1. The normalized spacial score (nSPS) is 20.4. The van der Waals surface area contributed by atoms with Crippen molar-refractivity contribution in [2.75, 3.05) is 44.7 Å². The minimum absolute atomic E-state index is 0. The van der Waals surface area contributed by atoms with E-state index in [2.05, 4.69) is 25.5 Å². The Morgan fingerprint density at radius 2 is 2.00 bits per heavy atom. The van der Waals surface area contributed by atoms with Crippen LogP contribution in [-0.4, -0.2) is 66.6 Å². The third-order valence-corrected chi connectivity index (χ3v) is 7.41. The molecule has 37 heavy (non-hydrogen) atoms. The Morgan fingerprint density at radius 1 is 1.22 bits per heavy atom. The number of benzene rings is 1. The minimum atomic E-state index is -4.65. The Balaban J connectivity index is 0.00000320. The highest BCUT2D eigenvalue weighted by molar-refractivity contribution is 6.31. The molecule has 1 amide bonds. The molecule has 0 spiro atoms. The van der Waals surface area contributed by atoms with E-state index in [1.54, 1.807) is 13.1 Å². The maximum Gasteiger partial charge on any atom is 0.434 e. The van der Waals surface area contributed by atoms with Crippen LogP contribution in [0.2, 0.25) is 10.0 Å². The third-order valence-electron chi connectivity index (χ3n) is 6.87. The first kappa shape index (κ1) is 27.8. The van der Waals surface area contributed by atoms with Gasteiger partial charge in [0.05, 0.1) is 11.1 Å². The number of fused-ring (bicyclic) bond motifs is 3. The number of hydrogen-bond acceptors (Lipinski definition) is 5. The number of halogens is 6. The average molecular weight is 578 g/mol. The first-order valence-electron chi connectivity index (χ1n) is 11.6. The summed E-state index contributed by atoms with van der Waals surface area (Å²) in [5.41, 5.74) is 1.69. The van der Waals surface area contributed by atoms with Crippen LogP contribution in [0.5, 0.6) is 0 Å². The van der Waals surface area contributed by atoms with E-state index in [9.17, 15) is 18.0 Å². The molecular formula is C24H26Cl3F3N6O. The molecule has 200 valence electrons. The van der Waals surface area contributed by atoms with Crippen LogP contribution in [0.15, 0.2) is 30.3 Å². The van der Waals surface area contributed by atoms with E-state index < -0.39 is 22.9 Å². The first-order valence-corrected chi connectivity index (χ1v) is 12.4. The maximum atomic E-state index is 13.5. The van der Waals surface area contributed by atoms with E-state index in [1.807, 2.05) is 17.0 Å². The Kier molecular flexibility index (Phi) is 8.16. The van der Waals surface area contributed by atoms with Gasteiger partial charge < -0.3 is 20.5 Å². The topological polar surface area (TPSA) is 76.3 Å². The summed E-state index contributed by atoms with van der Waals surface area (Å²) in [7, 11) is 1.60. The van der Waals surface area contributed by atoms with Gasteiger partial charge in [0.1, 0.15) is 11.9 Å². The molecule has 0 bridgehead atoms. The van der Waals surface area contributed by atoms with Gasteiger partial charge in [0.25, 0.3) is 0 Å². The highest BCUT2D eigenvalue weighted by Gasteiger charge is 2.39. The predicted octanol–water partition coefficient (Wildman–Crippen LogP) is 4.43. The van der Waals surface area contributed by atoms with Crippen LogP contribution in [0.1, 0.15) is 23.0 Å². The second-order valence-corrected chi connectivity index (χ2v) is 9.86. The molecule has 2 aromatic heterocycles. The number of carbonyl (C=O) groups is 1. The number of alkyl halides is 3. The molecule has 2 atom stereocenters. The molecule has 0 radical (unpaired) electrons. The van der Waals surface area contributed by atoms with Gasteiger partial charge in [-0.2, -0.15) is 13.2 Å². The fourth-order valence-corrected chi connectivity index (χ4v) is 5.61. The lowest BCUT2D eigenvalue weighted by atomic mass is 9.95. The summed E-state index contributed by atoms with van der Waals surface area (Å²) < 4.78 is 40.4. The molecule has 7 nitrogen and oxygen atoms in total. The zero-order valence-electron chi connectivity index (χ0n) is 19.8. The molecule has 4 heterocycles. The van der Waals surface area contributed by atoms with Gasteiger partial charge in [-0.05, 0) is 42.3 Å². The standard InChI is InChI=1S/C24H25Cl2F3N6O.ClH/c1-30-23(36)21-20-15(16-10-13(25)2-4-18(16)32-20)6-8-34(21)12-14-11-31-7-9-35(14)19-5-3-17(26)22(33-19)24(27,28)29;/h2-5,10,14,21,31-32H,6-9,11-12H2,1H3,(H,30,36);1H. The fraction of sp³-hybridized carbons (Fsp3) is 0.417. The number of anilines is 1. The van der Waals surface area contributed by atoms with Gasteiger partial charge in [-0.15, -0.1) is 12.4 Å². The molecular weight excluding hydrogens is 552 g/mol. The van der Waals surface area contributed by atoms with Crippen LogP contribution in [0.25, 0.3) is 10.9 Å². The van der Waals surface area contributed by atoms with E-state index in [-0.39, 0.29) is 30.2 Å². The van der Waals surface area contributed by atoms with Crippen molar-refractivity contribution in [3.05, 3.63) is 57.3 Å². The fourth-order valence-electron chi connectivity index (χ4n) is 5.23. The van der Waals surface area contributed by atoms with E-state index in [4.69, 9.17) is 23.2 Å². The van der Waals surface area contributed by atoms with Crippen LogP contribution in [-0.2, 0) is 17.4 Å². The number of carbonyl (C=O) groups excluding carboxylic acids is 1. The number of nitrogens with zero attached hydrogens (tertiary/aromatic N) is 3. The van der Waals surface area contributed by atoms with Crippen LogP contribution in [0.4, 0.5) is 19.0 Å². The van der Waals surface area contributed by atoms with Crippen molar-refractivity contribution in [2.45, 2.75) is 24.7 Å². The zero-order chi connectivity index (χ0) is 25.6. The molecule has 13 heteroatoms. The SMILES string of the molecule is CNC(=O)C1c2[nH]c3ccc(Cl)cc3c2CCN1CC1CNCCN1c1ccc(Cl)c(C(F)(F)F)n1.Cl. The molecule has 1 aromatic carbocycles. The number of piperazine rings is 1. The third kappa shape index (κ3) is 5.35. The number of H-pyrrole nitrogens is 1. The Morgan fingerprint density at radius 3 is 2.73 bits per heavy atom. The molecule has 1 saturated heterocycles. The monoisotopic (exact) mass is 576 g/mol. The summed E-state index contributed by atoms with van der Waals surface area (Å²) in [5, 5.41) is 7.27. The summed E-state index contributed by atoms with van der Waals surface area (Å²) in [5.74, 6) is 0.0561. The van der Waals surface area contributed by atoms with Crippen molar-refractivity contribution in [1.29, 1.82) is 0 Å². The molecule has 3 N–H and O–H groups in total. The lowest BCUT2D eigenvalue weighted by Gasteiger charge is -2.43. The smallest absolute Gasteiger partial charge is 0.357 e. The van der Waals surface area contributed by atoms with Crippen molar-refractivity contribution in [3.63, 3.8) is 0 Å². The van der Waals surface area contributed by atoms with E-state index in [1.165, 1.54) is 12.1 Å². The lowest BCUT2D eigenvalue weighted by molar-refractivity contribution is -0.141. The number of pyridine rings is 1. The van der Waals surface area contributed by atoms with Crippen molar-refractivity contribution < 1.29 is 18.0 Å². The van der Waals surface area contributed by atoms with Gasteiger partial charge in [0.15, 0.2) is 5.69 Å². The van der Waals surface area contributed by atoms with Gasteiger partial charge >= 0.3 is 6.18 Å². The number of aromatic nitrogens is 2. The molecule has 3 aromatic rings. The van der Waals surface area contributed by atoms with Gasteiger partial charge in [0, 0.05) is 61.4 Å². The summed E-state index contributed by atoms with van der Waals surface area (Å²) >= 11 is 12.0. The van der Waals surface area contributed by atoms with Gasteiger partial charge in [-0.3, -0.25) is 9.69 Å². The Labute approximate surface area is 228 Å². The summed E-state index contributed by atoms with van der Waals surface area (Å²) in [6.45, 7) is 2.68. The Bertz CT molecular complexity index is 1300. The lowest BCUT2D eigenvalue weighted by Crippen LogP contribution is -2.58. The number of nitrogens with one attached hydrogen (secondary N) is 3. The molecule has 0 aliphatic carbocycles. The molecule has 0 saturated carbocycles. The molecule has 2 aliphatic rings. The molecule has 5 rings (SSSR count). The van der Waals surface area contributed by atoms with E-state index in [0.717, 1.165) is 22.2 Å². The van der Waals surface area contributed by atoms with Gasteiger partial charge in [-0.1, -0.05) is 23.2 Å². The van der Waals surface area contributed by atoms with Crippen molar-refractivity contribution in [3.8, 4) is 0 Å². The second kappa shape index (κ2) is 10.9. The number of rotatable bonds is 4. The molecule has 1 fully saturated rings. The van der Waals surface area contributed by atoms with E-state index in [0.29, 0.717) is 44.2 Å². The minimum Gasteiger partial charge on any atom is -0.357 e. The highest BCUT2D eigenvalue weighted by Crippen LogP contribution is 2.37. The molecule has 2 unspecified atom stereocenters. The largest absolute Gasteiger partial charge is 0.434 e. The quantitative estimate of drug-likeness (QED) is 0.428. The molecule has 2 aliphatic heterocycles. The number of aromatic amines is 1.